The van der Waals surface area contributed by atoms with Crippen LogP contribution in [0.5, 0.6) is 0 Å². The van der Waals surface area contributed by atoms with Crippen LogP contribution in [0.25, 0.3) is 0 Å². The summed E-state index contributed by atoms with van der Waals surface area (Å²) in [5.74, 6) is 0.671. The van der Waals surface area contributed by atoms with Crippen molar-refractivity contribution < 1.29 is 10.0 Å². The van der Waals surface area contributed by atoms with Crippen molar-refractivity contribution in [1.82, 2.24) is 9.80 Å². The molecule has 0 unspecified atom stereocenters. The molecule has 1 amide bonds. The van der Waals surface area contributed by atoms with Gasteiger partial charge in [-0.1, -0.05) is 5.16 Å². The average Bonchev–Trinajstić information content (AvgIpc) is 2.92. The third-order valence-corrected chi connectivity index (χ3v) is 4.14. The third-order valence-electron chi connectivity index (χ3n) is 4.14. The van der Waals surface area contributed by atoms with Gasteiger partial charge in [0.25, 0.3) is 0 Å². The summed E-state index contributed by atoms with van der Waals surface area (Å²) in [6.45, 7) is 5.26. The second kappa shape index (κ2) is 6.75. The van der Waals surface area contributed by atoms with E-state index in [0.717, 1.165) is 25.9 Å². The Bertz CT molecular complexity index is 332. The fourth-order valence-electron chi connectivity index (χ4n) is 3.00. The van der Waals surface area contributed by atoms with Gasteiger partial charge < -0.3 is 20.7 Å². The van der Waals surface area contributed by atoms with Gasteiger partial charge in [0.2, 0.25) is 5.91 Å². The lowest BCUT2D eigenvalue weighted by Gasteiger charge is -2.33. The molecule has 0 aliphatic carbocycles. The second-order valence-corrected chi connectivity index (χ2v) is 5.60. The highest BCUT2D eigenvalue weighted by molar-refractivity contribution is 5.98. The van der Waals surface area contributed by atoms with Gasteiger partial charge in [-0.25, -0.2) is 0 Å². The lowest BCUT2D eigenvalue weighted by molar-refractivity contribution is -0.131. The van der Waals surface area contributed by atoms with Crippen LogP contribution in [-0.4, -0.2) is 59.5 Å². The summed E-state index contributed by atoms with van der Waals surface area (Å²) in [6, 6.07) is 0. The SMILES string of the molecule is NC(CC(=O)N1CCC(CN2CCCC2)CC1)=NO. The number of piperidine rings is 1. The van der Waals surface area contributed by atoms with Crippen LogP contribution in [0.15, 0.2) is 5.16 Å². The molecule has 0 saturated carbocycles. The van der Waals surface area contributed by atoms with E-state index >= 15 is 0 Å². The van der Waals surface area contributed by atoms with Crippen molar-refractivity contribution in [1.29, 1.82) is 0 Å². The minimum atomic E-state index is -0.0325. The summed E-state index contributed by atoms with van der Waals surface area (Å²) in [4.78, 5) is 16.2. The van der Waals surface area contributed by atoms with Crippen molar-refractivity contribution in [3.8, 4) is 0 Å². The summed E-state index contributed by atoms with van der Waals surface area (Å²) < 4.78 is 0. The topological polar surface area (TPSA) is 82.2 Å². The number of likely N-dealkylation sites (tertiary alicyclic amines) is 2. The molecule has 0 atom stereocenters. The third kappa shape index (κ3) is 4.09. The summed E-state index contributed by atoms with van der Waals surface area (Å²) >= 11 is 0. The number of nitrogens with two attached hydrogens (primary N) is 1. The van der Waals surface area contributed by atoms with Gasteiger partial charge in [-0.15, -0.1) is 0 Å². The van der Waals surface area contributed by atoms with Gasteiger partial charge in [0.15, 0.2) is 0 Å². The van der Waals surface area contributed by atoms with Gasteiger partial charge in [-0.3, -0.25) is 4.79 Å². The highest BCUT2D eigenvalue weighted by Crippen LogP contribution is 2.21. The van der Waals surface area contributed by atoms with Crippen LogP contribution in [0, 0.1) is 5.92 Å². The molecule has 108 valence electrons. The van der Waals surface area contributed by atoms with E-state index < -0.39 is 0 Å². The maximum atomic E-state index is 11.9. The predicted molar refractivity (Wildman–Crippen MR) is 73.0 cm³/mol. The molecule has 19 heavy (non-hydrogen) atoms. The summed E-state index contributed by atoms with van der Waals surface area (Å²) in [5, 5.41) is 11.3. The summed E-state index contributed by atoms with van der Waals surface area (Å²) in [5.41, 5.74) is 5.36. The first-order valence-electron chi connectivity index (χ1n) is 7.15. The van der Waals surface area contributed by atoms with E-state index in [4.69, 9.17) is 10.9 Å². The first-order chi connectivity index (χ1) is 9.19. The van der Waals surface area contributed by atoms with E-state index in [9.17, 15) is 4.79 Å². The van der Waals surface area contributed by atoms with Crippen molar-refractivity contribution in [2.45, 2.75) is 32.1 Å². The largest absolute Gasteiger partial charge is 0.409 e. The Morgan fingerprint density at radius 3 is 2.42 bits per heavy atom. The number of amidine groups is 1. The van der Waals surface area contributed by atoms with E-state index in [1.165, 1.54) is 32.5 Å². The average molecular weight is 268 g/mol. The van der Waals surface area contributed by atoms with Gasteiger partial charge >= 0.3 is 0 Å². The van der Waals surface area contributed by atoms with Gasteiger partial charge in [-0.2, -0.15) is 0 Å². The number of hydrogen-bond acceptors (Lipinski definition) is 4. The van der Waals surface area contributed by atoms with E-state index in [1.54, 1.807) is 0 Å². The fourth-order valence-corrected chi connectivity index (χ4v) is 3.00. The molecule has 0 radical (unpaired) electrons. The molecular formula is C13H24N4O2. The van der Waals surface area contributed by atoms with Crippen LogP contribution in [0.2, 0.25) is 0 Å². The number of amides is 1. The molecule has 2 saturated heterocycles. The van der Waals surface area contributed by atoms with Crippen LogP contribution in [0.3, 0.4) is 0 Å². The molecule has 2 aliphatic heterocycles. The fraction of sp³-hybridized carbons (Fsp3) is 0.846. The van der Waals surface area contributed by atoms with Gasteiger partial charge in [0.05, 0.1) is 6.42 Å². The maximum absolute atomic E-state index is 11.9. The van der Waals surface area contributed by atoms with Crippen LogP contribution in [-0.2, 0) is 4.79 Å². The van der Waals surface area contributed by atoms with E-state index in [0.29, 0.717) is 5.92 Å². The number of oxime groups is 1. The molecule has 3 N–H and O–H groups in total. The lowest BCUT2D eigenvalue weighted by Crippen LogP contribution is -2.42. The van der Waals surface area contributed by atoms with Gasteiger partial charge in [0, 0.05) is 19.6 Å². The number of hydrogen-bond donors (Lipinski definition) is 2. The molecule has 6 heteroatoms. The number of nitrogens with zero attached hydrogens (tertiary/aromatic N) is 3. The number of rotatable bonds is 4. The molecule has 0 bridgehead atoms. The van der Waals surface area contributed by atoms with Crippen LogP contribution < -0.4 is 5.73 Å². The van der Waals surface area contributed by atoms with Gasteiger partial charge in [0.1, 0.15) is 5.84 Å². The molecule has 6 nitrogen and oxygen atoms in total. The molecule has 2 aliphatic rings. The Balaban J connectivity index is 1.71. The van der Waals surface area contributed by atoms with Crippen molar-refractivity contribution in [3.63, 3.8) is 0 Å². The Morgan fingerprint density at radius 2 is 1.84 bits per heavy atom. The van der Waals surface area contributed by atoms with E-state index in [1.807, 2.05) is 4.90 Å². The van der Waals surface area contributed by atoms with Crippen molar-refractivity contribution >= 4 is 11.7 Å². The molecule has 0 spiro atoms. The first-order valence-corrected chi connectivity index (χ1v) is 7.15. The second-order valence-electron chi connectivity index (χ2n) is 5.60. The van der Waals surface area contributed by atoms with Crippen molar-refractivity contribution in [3.05, 3.63) is 0 Å². The van der Waals surface area contributed by atoms with Crippen LogP contribution >= 0.6 is 0 Å². The Morgan fingerprint density at radius 1 is 1.21 bits per heavy atom. The molecule has 0 aromatic rings. The standard InChI is InChI=1S/C13H24N4O2/c14-12(15-19)9-13(18)17-7-3-11(4-8-17)10-16-5-1-2-6-16/h11,19H,1-10H2,(H2,14,15). The molecule has 2 rings (SSSR count). The van der Waals surface area contributed by atoms with Crippen LogP contribution in [0.1, 0.15) is 32.1 Å². The minimum absolute atomic E-state index is 0.0100. The van der Waals surface area contributed by atoms with Crippen LogP contribution in [0.4, 0.5) is 0 Å². The molecule has 2 fully saturated rings. The zero-order valence-corrected chi connectivity index (χ0v) is 11.4. The zero-order valence-electron chi connectivity index (χ0n) is 11.4. The summed E-state index contributed by atoms with van der Waals surface area (Å²) in [6.07, 6.45) is 4.82. The quantitative estimate of drug-likeness (QED) is 0.336. The van der Waals surface area contributed by atoms with Gasteiger partial charge in [-0.05, 0) is 44.7 Å². The predicted octanol–water partition coefficient (Wildman–Crippen LogP) is 0.457. The number of carbonyl (C=O) groups excluding carboxylic acids is 1. The maximum Gasteiger partial charge on any atom is 0.230 e. The molecular weight excluding hydrogens is 244 g/mol. The molecule has 0 aromatic carbocycles. The van der Waals surface area contributed by atoms with Crippen molar-refractivity contribution in [2.24, 2.45) is 16.8 Å². The monoisotopic (exact) mass is 268 g/mol. The highest BCUT2D eigenvalue weighted by Gasteiger charge is 2.25. The highest BCUT2D eigenvalue weighted by atomic mass is 16.4. The van der Waals surface area contributed by atoms with E-state index in [-0.39, 0.29) is 18.2 Å². The van der Waals surface area contributed by atoms with E-state index in [2.05, 4.69) is 10.1 Å². The smallest absolute Gasteiger partial charge is 0.230 e. The molecule has 2 heterocycles. The number of carbonyl (C=O) groups is 1. The van der Waals surface area contributed by atoms with Crippen molar-refractivity contribution in [2.75, 3.05) is 32.7 Å². The normalized spacial score (nSPS) is 22.9. The lowest BCUT2D eigenvalue weighted by atomic mass is 9.96. The Kier molecular flexibility index (Phi) is 5.01. The molecule has 0 aromatic heterocycles. The Hall–Kier alpha value is -1.30. The summed E-state index contributed by atoms with van der Waals surface area (Å²) in [7, 11) is 0. The minimum Gasteiger partial charge on any atom is -0.409 e. The zero-order chi connectivity index (χ0) is 13.7. The first kappa shape index (κ1) is 14.1. The Labute approximate surface area is 114 Å².